The monoisotopic (exact) mass is 376 g/mol. The quantitative estimate of drug-likeness (QED) is 0.835. The first kappa shape index (κ1) is 18.4. The first-order valence-corrected chi connectivity index (χ1v) is 8.59. The number of hydrogen-bond acceptors (Lipinski definition) is 5. The lowest BCUT2D eigenvalue weighted by atomic mass is 10.1. The normalized spacial score (nSPS) is 13.6. The Bertz CT molecular complexity index is 812. The predicted octanol–water partition coefficient (Wildman–Crippen LogP) is 3.54. The van der Waals surface area contributed by atoms with Crippen molar-refractivity contribution in [1.82, 2.24) is 4.90 Å². The summed E-state index contributed by atoms with van der Waals surface area (Å²) in [5.41, 5.74) is 1.67. The molecule has 0 fully saturated rings. The van der Waals surface area contributed by atoms with E-state index in [4.69, 9.17) is 25.8 Å². The predicted molar refractivity (Wildman–Crippen MR) is 100 cm³/mol. The Morgan fingerprint density at radius 3 is 2.77 bits per heavy atom. The maximum atomic E-state index is 12.5. The standard InChI is InChI=1S/C19H21ClN2O4/c1-12(19(23)21-14-5-7-16(24-3)15(20)9-14)22(2)10-13-4-6-17-18(8-13)26-11-25-17/h4-9,12H,10-11H2,1-3H3,(H,21,23). The fourth-order valence-corrected chi connectivity index (χ4v) is 2.91. The van der Waals surface area contributed by atoms with Crippen LogP contribution in [0.25, 0.3) is 0 Å². The van der Waals surface area contributed by atoms with Gasteiger partial charge in [-0.05, 0) is 49.9 Å². The summed E-state index contributed by atoms with van der Waals surface area (Å²) in [5, 5.41) is 3.33. The number of ether oxygens (including phenoxy) is 3. The Kier molecular flexibility index (Phi) is 5.54. The van der Waals surface area contributed by atoms with Crippen LogP contribution >= 0.6 is 11.6 Å². The molecular weight excluding hydrogens is 356 g/mol. The number of methoxy groups -OCH3 is 1. The van der Waals surface area contributed by atoms with Gasteiger partial charge in [-0.25, -0.2) is 0 Å². The molecule has 26 heavy (non-hydrogen) atoms. The molecule has 0 saturated carbocycles. The molecule has 3 rings (SSSR count). The van der Waals surface area contributed by atoms with E-state index in [-0.39, 0.29) is 18.7 Å². The minimum atomic E-state index is -0.332. The number of carbonyl (C=O) groups is 1. The number of benzene rings is 2. The molecule has 0 bridgehead atoms. The van der Waals surface area contributed by atoms with Crippen molar-refractivity contribution in [2.45, 2.75) is 19.5 Å². The van der Waals surface area contributed by atoms with Crippen LogP contribution in [0.4, 0.5) is 5.69 Å². The van der Waals surface area contributed by atoms with Crippen LogP contribution in [0.2, 0.25) is 5.02 Å². The van der Waals surface area contributed by atoms with Gasteiger partial charge in [-0.1, -0.05) is 17.7 Å². The summed E-state index contributed by atoms with van der Waals surface area (Å²) in [7, 11) is 3.45. The molecular formula is C19H21ClN2O4. The van der Waals surface area contributed by atoms with E-state index in [0.29, 0.717) is 23.0 Å². The molecule has 1 atom stereocenters. The Morgan fingerprint density at radius 1 is 1.27 bits per heavy atom. The smallest absolute Gasteiger partial charge is 0.241 e. The molecule has 0 spiro atoms. The highest BCUT2D eigenvalue weighted by Gasteiger charge is 2.20. The Hall–Kier alpha value is -2.44. The van der Waals surface area contributed by atoms with Crippen molar-refractivity contribution < 1.29 is 19.0 Å². The van der Waals surface area contributed by atoms with E-state index in [9.17, 15) is 4.79 Å². The molecule has 1 N–H and O–H groups in total. The van der Waals surface area contributed by atoms with Crippen LogP contribution in [0.1, 0.15) is 12.5 Å². The maximum Gasteiger partial charge on any atom is 0.241 e. The van der Waals surface area contributed by atoms with Crippen molar-refractivity contribution in [3.8, 4) is 17.2 Å². The van der Waals surface area contributed by atoms with Crippen LogP contribution < -0.4 is 19.5 Å². The lowest BCUT2D eigenvalue weighted by Crippen LogP contribution is -2.39. The third-order valence-corrected chi connectivity index (χ3v) is 4.62. The number of likely N-dealkylation sites (N-methyl/N-ethyl adjacent to an activating group) is 1. The molecule has 7 heteroatoms. The molecule has 1 heterocycles. The summed E-state index contributed by atoms with van der Waals surface area (Å²) in [6, 6.07) is 10.6. The molecule has 1 unspecified atom stereocenters. The van der Waals surface area contributed by atoms with Crippen LogP contribution in [0.15, 0.2) is 36.4 Å². The summed E-state index contributed by atoms with van der Waals surface area (Å²) in [4.78, 5) is 14.5. The van der Waals surface area contributed by atoms with Gasteiger partial charge in [-0.3, -0.25) is 9.69 Å². The summed E-state index contributed by atoms with van der Waals surface area (Å²) in [5.74, 6) is 1.94. The number of amides is 1. The number of nitrogens with one attached hydrogen (secondary N) is 1. The van der Waals surface area contributed by atoms with E-state index < -0.39 is 0 Å². The van der Waals surface area contributed by atoms with Crippen molar-refractivity contribution in [2.75, 3.05) is 26.3 Å². The van der Waals surface area contributed by atoms with Crippen LogP contribution in [-0.4, -0.2) is 37.8 Å². The summed E-state index contributed by atoms with van der Waals surface area (Å²) >= 11 is 6.10. The Morgan fingerprint density at radius 2 is 2.04 bits per heavy atom. The summed E-state index contributed by atoms with van der Waals surface area (Å²) in [6.07, 6.45) is 0. The van der Waals surface area contributed by atoms with E-state index >= 15 is 0 Å². The van der Waals surface area contributed by atoms with Crippen LogP contribution in [0.3, 0.4) is 0 Å². The average Bonchev–Trinajstić information content (AvgIpc) is 3.09. The number of carbonyl (C=O) groups excluding carboxylic acids is 1. The van der Waals surface area contributed by atoms with Gasteiger partial charge in [0.2, 0.25) is 12.7 Å². The number of rotatable bonds is 6. The number of halogens is 1. The fraction of sp³-hybridized carbons (Fsp3) is 0.316. The molecule has 1 aliphatic heterocycles. The topological polar surface area (TPSA) is 60.0 Å². The van der Waals surface area contributed by atoms with Crippen molar-refractivity contribution in [2.24, 2.45) is 0 Å². The lowest BCUT2D eigenvalue weighted by Gasteiger charge is -2.24. The number of nitrogens with zero attached hydrogens (tertiary/aromatic N) is 1. The van der Waals surface area contributed by atoms with Crippen molar-refractivity contribution in [1.29, 1.82) is 0 Å². The largest absolute Gasteiger partial charge is 0.495 e. The second-order valence-corrected chi connectivity index (χ2v) is 6.52. The Balaban J connectivity index is 1.61. The van der Waals surface area contributed by atoms with Crippen LogP contribution in [0.5, 0.6) is 17.2 Å². The molecule has 0 radical (unpaired) electrons. The number of anilines is 1. The van der Waals surface area contributed by atoms with E-state index in [2.05, 4.69) is 5.32 Å². The maximum absolute atomic E-state index is 12.5. The molecule has 1 amide bonds. The van der Waals surface area contributed by atoms with Crippen LogP contribution in [-0.2, 0) is 11.3 Å². The van der Waals surface area contributed by atoms with E-state index in [1.54, 1.807) is 25.3 Å². The van der Waals surface area contributed by atoms with Gasteiger partial charge in [0.25, 0.3) is 0 Å². The van der Waals surface area contributed by atoms with Gasteiger partial charge in [0.1, 0.15) is 5.75 Å². The van der Waals surface area contributed by atoms with Gasteiger partial charge in [0, 0.05) is 12.2 Å². The fourth-order valence-electron chi connectivity index (χ4n) is 2.66. The van der Waals surface area contributed by atoms with E-state index in [0.717, 1.165) is 17.1 Å². The van der Waals surface area contributed by atoms with E-state index in [1.807, 2.05) is 37.1 Å². The highest BCUT2D eigenvalue weighted by molar-refractivity contribution is 6.32. The zero-order chi connectivity index (χ0) is 18.7. The Labute approximate surface area is 157 Å². The van der Waals surface area contributed by atoms with Gasteiger partial charge in [0.05, 0.1) is 18.2 Å². The highest BCUT2D eigenvalue weighted by atomic mass is 35.5. The number of hydrogen-bond donors (Lipinski definition) is 1. The van der Waals surface area contributed by atoms with Crippen molar-refractivity contribution >= 4 is 23.2 Å². The third-order valence-electron chi connectivity index (χ3n) is 4.33. The molecule has 0 aliphatic carbocycles. The lowest BCUT2D eigenvalue weighted by molar-refractivity contribution is -0.120. The average molecular weight is 377 g/mol. The van der Waals surface area contributed by atoms with Gasteiger partial charge >= 0.3 is 0 Å². The molecule has 6 nitrogen and oxygen atoms in total. The third kappa shape index (κ3) is 4.03. The van der Waals surface area contributed by atoms with E-state index in [1.165, 1.54) is 0 Å². The number of fused-ring (bicyclic) bond motifs is 1. The molecule has 0 aromatic heterocycles. The highest BCUT2D eigenvalue weighted by Crippen LogP contribution is 2.33. The second kappa shape index (κ2) is 7.85. The van der Waals surface area contributed by atoms with Gasteiger partial charge in [-0.15, -0.1) is 0 Å². The minimum absolute atomic E-state index is 0.116. The molecule has 0 saturated heterocycles. The molecule has 2 aromatic rings. The van der Waals surface area contributed by atoms with Gasteiger partial charge in [-0.2, -0.15) is 0 Å². The van der Waals surface area contributed by atoms with Crippen LogP contribution in [0, 0.1) is 0 Å². The zero-order valence-electron chi connectivity index (χ0n) is 14.9. The first-order chi connectivity index (χ1) is 12.5. The van der Waals surface area contributed by atoms with Crippen molar-refractivity contribution in [3.63, 3.8) is 0 Å². The van der Waals surface area contributed by atoms with Gasteiger partial charge in [0.15, 0.2) is 11.5 Å². The molecule has 2 aromatic carbocycles. The zero-order valence-corrected chi connectivity index (χ0v) is 15.7. The summed E-state index contributed by atoms with van der Waals surface area (Å²) < 4.78 is 15.8. The van der Waals surface area contributed by atoms with Gasteiger partial charge < -0.3 is 19.5 Å². The second-order valence-electron chi connectivity index (χ2n) is 6.12. The first-order valence-electron chi connectivity index (χ1n) is 8.21. The SMILES string of the molecule is COc1ccc(NC(=O)C(C)N(C)Cc2ccc3c(c2)OCO3)cc1Cl. The summed E-state index contributed by atoms with van der Waals surface area (Å²) in [6.45, 7) is 2.71. The molecule has 138 valence electrons. The molecule has 1 aliphatic rings. The van der Waals surface area contributed by atoms with Crippen molar-refractivity contribution in [3.05, 3.63) is 47.0 Å². The minimum Gasteiger partial charge on any atom is -0.495 e.